The van der Waals surface area contributed by atoms with E-state index in [1.807, 2.05) is 0 Å². The molecule has 0 bridgehead atoms. The molecule has 0 radical (unpaired) electrons. The summed E-state index contributed by atoms with van der Waals surface area (Å²) in [5, 5.41) is 6.07. The van der Waals surface area contributed by atoms with E-state index in [9.17, 15) is 14.4 Å². The minimum atomic E-state index is -1.33. The second kappa shape index (κ2) is 8.73. The van der Waals surface area contributed by atoms with E-state index in [-0.39, 0.29) is 17.5 Å². The van der Waals surface area contributed by atoms with Crippen LogP contribution in [0.5, 0.6) is 0 Å². The first-order valence-corrected chi connectivity index (χ1v) is 9.41. The van der Waals surface area contributed by atoms with E-state index < -0.39 is 17.5 Å². The number of amides is 4. The molecule has 1 aliphatic rings. The van der Waals surface area contributed by atoms with E-state index in [4.69, 9.17) is 23.2 Å². The summed E-state index contributed by atoms with van der Waals surface area (Å²) in [5.74, 6) is -0.885. The first kappa shape index (κ1) is 20.5. The number of hydrogen-bond acceptors (Lipinski definition) is 3. The smallest absolute Gasteiger partial charge is 0.325 e. The molecule has 1 heterocycles. The molecule has 142 valence electrons. The lowest BCUT2D eigenvalue weighted by molar-refractivity contribution is -0.134. The Morgan fingerprint density at radius 2 is 1.96 bits per heavy atom. The first-order valence-electron chi connectivity index (χ1n) is 8.66. The number of rotatable bonds is 8. The van der Waals surface area contributed by atoms with Crippen LogP contribution < -0.4 is 10.6 Å². The highest BCUT2D eigenvalue weighted by atomic mass is 35.5. The minimum absolute atomic E-state index is 0.274. The van der Waals surface area contributed by atoms with Crippen molar-refractivity contribution in [2.45, 2.75) is 45.1 Å². The summed E-state index contributed by atoms with van der Waals surface area (Å²) in [6.45, 7) is 3.88. The fourth-order valence-electron chi connectivity index (χ4n) is 2.90. The van der Waals surface area contributed by atoms with E-state index in [0.29, 0.717) is 17.1 Å². The number of hydrogen-bond donors (Lipinski definition) is 2. The van der Waals surface area contributed by atoms with Gasteiger partial charge in [-0.25, -0.2) is 4.79 Å². The molecule has 1 aliphatic heterocycles. The van der Waals surface area contributed by atoms with Gasteiger partial charge in [-0.05, 0) is 25.5 Å². The Hall–Kier alpha value is -1.79. The lowest BCUT2D eigenvalue weighted by Crippen LogP contribution is -2.43. The van der Waals surface area contributed by atoms with Gasteiger partial charge in [0.1, 0.15) is 12.1 Å². The van der Waals surface area contributed by atoms with Gasteiger partial charge in [0.25, 0.3) is 5.91 Å². The van der Waals surface area contributed by atoms with Crippen molar-refractivity contribution in [2.24, 2.45) is 0 Å². The van der Waals surface area contributed by atoms with Crippen molar-refractivity contribution in [1.82, 2.24) is 15.5 Å². The molecule has 0 aromatic heterocycles. The van der Waals surface area contributed by atoms with Crippen molar-refractivity contribution in [2.75, 3.05) is 13.1 Å². The van der Waals surface area contributed by atoms with Crippen LogP contribution in [-0.4, -0.2) is 35.8 Å². The highest BCUT2D eigenvalue weighted by Crippen LogP contribution is 2.34. The summed E-state index contributed by atoms with van der Waals surface area (Å²) in [6.07, 6.45) is 4.14. The lowest BCUT2D eigenvalue weighted by Gasteiger charge is -2.23. The van der Waals surface area contributed by atoms with Gasteiger partial charge in [-0.3, -0.25) is 14.5 Å². The molecule has 8 heteroatoms. The maximum atomic E-state index is 12.8. The molecule has 2 N–H and O–H groups in total. The van der Waals surface area contributed by atoms with Gasteiger partial charge in [-0.2, -0.15) is 0 Å². The summed E-state index contributed by atoms with van der Waals surface area (Å²) >= 11 is 12.1. The van der Waals surface area contributed by atoms with Crippen molar-refractivity contribution in [1.29, 1.82) is 0 Å². The Balaban J connectivity index is 2.03. The largest absolute Gasteiger partial charge is 0.355 e. The number of unbranched alkanes of at least 4 members (excludes halogenated alkanes) is 3. The molecular formula is C18H23Cl2N3O3. The Morgan fingerprint density at radius 3 is 2.62 bits per heavy atom. The van der Waals surface area contributed by atoms with Crippen molar-refractivity contribution in [3.63, 3.8) is 0 Å². The zero-order valence-electron chi connectivity index (χ0n) is 14.9. The fourth-order valence-corrected chi connectivity index (χ4v) is 3.49. The zero-order valence-corrected chi connectivity index (χ0v) is 16.4. The molecule has 0 aliphatic carbocycles. The van der Waals surface area contributed by atoms with Crippen LogP contribution in [0.3, 0.4) is 0 Å². The quantitative estimate of drug-likeness (QED) is 0.518. The molecule has 4 amide bonds. The summed E-state index contributed by atoms with van der Waals surface area (Å²) < 4.78 is 0. The van der Waals surface area contributed by atoms with Crippen LogP contribution >= 0.6 is 23.2 Å². The monoisotopic (exact) mass is 399 g/mol. The van der Waals surface area contributed by atoms with Crippen LogP contribution in [0.2, 0.25) is 10.0 Å². The van der Waals surface area contributed by atoms with Gasteiger partial charge >= 0.3 is 6.03 Å². The molecule has 0 spiro atoms. The topological polar surface area (TPSA) is 78.5 Å². The number of carbonyl (C=O) groups is 3. The van der Waals surface area contributed by atoms with E-state index in [2.05, 4.69) is 17.6 Å². The molecule has 1 atom stereocenters. The van der Waals surface area contributed by atoms with Crippen LogP contribution in [0.25, 0.3) is 0 Å². The van der Waals surface area contributed by atoms with Crippen LogP contribution in [-0.2, 0) is 15.1 Å². The second-order valence-corrected chi connectivity index (χ2v) is 7.32. The molecule has 0 saturated carbocycles. The molecule has 1 fully saturated rings. The number of nitrogens with zero attached hydrogens (tertiary/aromatic N) is 1. The molecule has 2 rings (SSSR count). The van der Waals surface area contributed by atoms with Crippen molar-refractivity contribution < 1.29 is 14.4 Å². The molecule has 1 aromatic rings. The zero-order chi connectivity index (χ0) is 19.3. The summed E-state index contributed by atoms with van der Waals surface area (Å²) in [7, 11) is 0. The molecule has 0 unspecified atom stereocenters. The van der Waals surface area contributed by atoms with E-state index in [0.717, 1.165) is 30.6 Å². The Bertz CT molecular complexity index is 711. The van der Waals surface area contributed by atoms with Gasteiger partial charge in [0.05, 0.1) is 0 Å². The highest BCUT2D eigenvalue weighted by Gasteiger charge is 2.50. The van der Waals surface area contributed by atoms with Crippen LogP contribution in [0, 0.1) is 0 Å². The number of benzene rings is 1. The van der Waals surface area contributed by atoms with Gasteiger partial charge < -0.3 is 10.6 Å². The number of nitrogens with one attached hydrogen (secondary N) is 2. The predicted molar refractivity (Wildman–Crippen MR) is 101 cm³/mol. The molecule has 26 heavy (non-hydrogen) atoms. The van der Waals surface area contributed by atoms with Gasteiger partial charge in [0.15, 0.2) is 0 Å². The van der Waals surface area contributed by atoms with Crippen LogP contribution in [0.1, 0.15) is 45.1 Å². The van der Waals surface area contributed by atoms with Crippen molar-refractivity contribution in [3.8, 4) is 0 Å². The third-order valence-corrected chi connectivity index (χ3v) is 4.95. The van der Waals surface area contributed by atoms with E-state index >= 15 is 0 Å². The number of urea groups is 1. The average molecular weight is 400 g/mol. The highest BCUT2D eigenvalue weighted by molar-refractivity contribution is 6.35. The maximum Gasteiger partial charge on any atom is 0.325 e. The number of carbonyl (C=O) groups excluding carboxylic acids is 3. The van der Waals surface area contributed by atoms with Gasteiger partial charge in [0.2, 0.25) is 5.91 Å². The van der Waals surface area contributed by atoms with Gasteiger partial charge in [-0.15, -0.1) is 0 Å². The second-order valence-electron chi connectivity index (χ2n) is 6.48. The predicted octanol–water partition coefficient (Wildman–Crippen LogP) is 3.46. The Labute approximate surface area is 163 Å². The molecule has 1 saturated heterocycles. The van der Waals surface area contributed by atoms with Gasteiger partial charge in [0, 0.05) is 22.2 Å². The standard InChI is InChI=1S/C18H23Cl2N3O3/c1-3-4-5-6-9-21-15(24)11-23-16(25)18(2,22-17(23)26)13-8-7-12(19)10-14(13)20/h7-8,10H,3-6,9,11H2,1-2H3,(H,21,24)(H,22,26)/t18-/m0/s1. The Morgan fingerprint density at radius 1 is 1.23 bits per heavy atom. The third-order valence-electron chi connectivity index (χ3n) is 4.40. The first-order chi connectivity index (χ1) is 12.3. The van der Waals surface area contributed by atoms with E-state index in [1.165, 1.54) is 6.07 Å². The SMILES string of the molecule is CCCCCCNC(=O)CN1C(=O)N[C@@](C)(c2ccc(Cl)cc2Cl)C1=O. The van der Waals surface area contributed by atoms with Crippen LogP contribution in [0.15, 0.2) is 18.2 Å². The average Bonchev–Trinajstić information content (AvgIpc) is 2.78. The molecule has 1 aromatic carbocycles. The van der Waals surface area contributed by atoms with Crippen molar-refractivity contribution in [3.05, 3.63) is 33.8 Å². The van der Waals surface area contributed by atoms with Crippen LogP contribution in [0.4, 0.5) is 4.79 Å². The number of imide groups is 1. The summed E-state index contributed by atoms with van der Waals surface area (Å²) in [6, 6.07) is 4.08. The maximum absolute atomic E-state index is 12.8. The molecule has 6 nitrogen and oxygen atoms in total. The van der Waals surface area contributed by atoms with Crippen molar-refractivity contribution >= 4 is 41.0 Å². The summed E-state index contributed by atoms with van der Waals surface area (Å²) in [4.78, 5) is 38.0. The lowest BCUT2D eigenvalue weighted by atomic mass is 9.92. The van der Waals surface area contributed by atoms with E-state index in [1.54, 1.807) is 19.1 Å². The fraction of sp³-hybridized carbons (Fsp3) is 0.500. The third kappa shape index (κ3) is 4.48. The normalized spacial score (nSPS) is 19.6. The number of halogens is 2. The van der Waals surface area contributed by atoms with Gasteiger partial charge in [-0.1, -0.05) is 55.5 Å². The molecular weight excluding hydrogens is 377 g/mol. The Kier molecular flexibility index (Phi) is 6.89. The minimum Gasteiger partial charge on any atom is -0.355 e. The summed E-state index contributed by atoms with van der Waals surface area (Å²) in [5.41, 5.74) is -0.899.